The molecule has 0 aromatic carbocycles. The van der Waals surface area contributed by atoms with Gasteiger partial charge in [-0.2, -0.15) is 0 Å². The zero-order chi connectivity index (χ0) is 12.8. The van der Waals surface area contributed by atoms with Crippen LogP contribution in [-0.2, 0) is 11.3 Å². The van der Waals surface area contributed by atoms with E-state index in [0.717, 1.165) is 18.8 Å². The number of furan rings is 1. The molecule has 0 spiro atoms. The summed E-state index contributed by atoms with van der Waals surface area (Å²) >= 11 is 5.66. The molecule has 17 heavy (non-hydrogen) atoms. The van der Waals surface area contributed by atoms with Gasteiger partial charge in [-0.15, -0.1) is 0 Å². The normalized spacial score (nSPS) is 12.5. The van der Waals surface area contributed by atoms with E-state index in [1.807, 2.05) is 20.8 Å². The fourth-order valence-electron chi connectivity index (χ4n) is 1.60. The zero-order valence-corrected chi connectivity index (χ0v) is 11.3. The minimum atomic E-state index is -0.223. The standard InChI is InChI=1S/C12H19ClN2O2/c1-4-15(5-2)12(16)9(3)14-8-10-6-7-11(13)17-10/h6-7,9,14H,4-5,8H2,1-3H3. The Morgan fingerprint density at radius 3 is 2.59 bits per heavy atom. The molecule has 1 aromatic rings. The molecule has 0 aliphatic heterocycles. The van der Waals surface area contributed by atoms with E-state index in [2.05, 4.69) is 5.32 Å². The van der Waals surface area contributed by atoms with Crippen molar-refractivity contribution >= 4 is 17.5 Å². The van der Waals surface area contributed by atoms with Crippen molar-refractivity contribution in [3.05, 3.63) is 23.1 Å². The second-order valence-electron chi connectivity index (χ2n) is 3.82. The molecule has 1 amide bonds. The lowest BCUT2D eigenvalue weighted by Crippen LogP contribution is -2.44. The second-order valence-corrected chi connectivity index (χ2v) is 4.19. The molecule has 1 atom stereocenters. The van der Waals surface area contributed by atoms with Gasteiger partial charge in [-0.05, 0) is 44.5 Å². The van der Waals surface area contributed by atoms with Crippen molar-refractivity contribution in [1.82, 2.24) is 10.2 Å². The molecule has 0 radical (unpaired) electrons. The topological polar surface area (TPSA) is 45.5 Å². The molecular formula is C12H19ClN2O2. The lowest BCUT2D eigenvalue weighted by Gasteiger charge is -2.23. The highest BCUT2D eigenvalue weighted by molar-refractivity contribution is 6.28. The molecular weight excluding hydrogens is 240 g/mol. The Labute approximate surface area is 107 Å². The number of halogens is 1. The van der Waals surface area contributed by atoms with Gasteiger partial charge in [0.05, 0.1) is 12.6 Å². The van der Waals surface area contributed by atoms with Gasteiger partial charge in [-0.3, -0.25) is 10.1 Å². The number of carbonyl (C=O) groups excluding carboxylic acids is 1. The van der Waals surface area contributed by atoms with Crippen molar-refractivity contribution < 1.29 is 9.21 Å². The zero-order valence-electron chi connectivity index (χ0n) is 10.5. The minimum Gasteiger partial charge on any atom is -0.448 e. The first kappa shape index (κ1) is 14.1. The molecule has 1 aromatic heterocycles. The maximum Gasteiger partial charge on any atom is 0.239 e. The molecule has 5 heteroatoms. The van der Waals surface area contributed by atoms with Crippen molar-refractivity contribution in [2.24, 2.45) is 0 Å². The van der Waals surface area contributed by atoms with Crippen LogP contribution in [0.4, 0.5) is 0 Å². The number of carbonyl (C=O) groups is 1. The van der Waals surface area contributed by atoms with Crippen LogP contribution in [0.25, 0.3) is 0 Å². The first-order valence-electron chi connectivity index (χ1n) is 5.84. The van der Waals surface area contributed by atoms with Crippen LogP contribution in [-0.4, -0.2) is 29.9 Å². The van der Waals surface area contributed by atoms with E-state index >= 15 is 0 Å². The molecule has 0 bridgehead atoms. The van der Waals surface area contributed by atoms with Gasteiger partial charge in [-0.25, -0.2) is 0 Å². The van der Waals surface area contributed by atoms with Gasteiger partial charge in [0.1, 0.15) is 5.76 Å². The van der Waals surface area contributed by atoms with Gasteiger partial charge >= 0.3 is 0 Å². The maximum absolute atomic E-state index is 11.9. The van der Waals surface area contributed by atoms with E-state index < -0.39 is 0 Å². The number of nitrogens with zero attached hydrogens (tertiary/aromatic N) is 1. The summed E-state index contributed by atoms with van der Waals surface area (Å²) in [6.07, 6.45) is 0. The summed E-state index contributed by atoms with van der Waals surface area (Å²) in [4.78, 5) is 13.7. The summed E-state index contributed by atoms with van der Waals surface area (Å²) in [5.74, 6) is 0.835. The highest BCUT2D eigenvalue weighted by Gasteiger charge is 2.17. The van der Waals surface area contributed by atoms with Crippen LogP contribution in [0, 0.1) is 0 Å². The van der Waals surface area contributed by atoms with Crippen LogP contribution in [0.15, 0.2) is 16.5 Å². The Balaban J connectivity index is 2.43. The summed E-state index contributed by atoms with van der Waals surface area (Å²) in [6.45, 7) is 7.76. The minimum absolute atomic E-state index is 0.104. The van der Waals surface area contributed by atoms with Crippen molar-refractivity contribution in [3.8, 4) is 0 Å². The van der Waals surface area contributed by atoms with Gasteiger partial charge in [0.2, 0.25) is 5.91 Å². The van der Waals surface area contributed by atoms with Crippen molar-refractivity contribution in [3.63, 3.8) is 0 Å². The molecule has 0 fully saturated rings. The van der Waals surface area contributed by atoms with Gasteiger partial charge in [0.15, 0.2) is 5.22 Å². The predicted octanol–water partition coefficient (Wildman–Crippen LogP) is 2.28. The fraction of sp³-hybridized carbons (Fsp3) is 0.583. The third-order valence-electron chi connectivity index (χ3n) is 2.66. The number of hydrogen-bond donors (Lipinski definition) is 1. The summed E-state index contributed by atoms with van der Waals surface area (Å²) in [5, 5.41) is 3.48. The highest BCUT2D eigenvalue weighted by Crippen LogP contribution is 2.12. The third kappa shape index (κ3) is 4.06. The molecule has 0 saturated heterocycles. The van der Waals surface area contributed by atoms with Gasteiger partial charge in [0.25, 0.3) is 0 Å². The van der Waals surface area contributed by atoms with Crippen molar-refractivity contribution in [2.75, 3.05) is 13.1 Å². The van der Waals surface area contributed by atoms with E-state index in [4.69, 9.17) is 16.0 Å². The van der Waals surface area contributed by atoms with Crippen LogP contribution < -0.4 is 5.32 Å². The molecule has 1 rings (SSSR count). The number of amides is 1. The Hall–Kier alpha value is -1.00. The van der Waals surface area contributed by atoms with Gasteiger partial charge in [-0.1, -0.05) is 0 Å². The van der Waals surface area contributed by atoms with Crippen LogP contribution in [0.2, 0.25) is 5.22 Å². The first-order chi connectivity index (χ1) is 8.08. The Morgan fingerprint density at radius 2 is 2.12 bits per heavy atom. The Kier molecular flexibility index (Phi) is 5.51. The van der Waals surface area contributed by atoms with E-state index in [-0.39, 0.29) is 11.9 Å². The average molecular weight is 259 g/mol. The third-order valence-corrected chi connectivity index (χ3v) is 2.86. The summed E-state index contributed by atoms with van der Waals surface area (Å²) in [6, 6.07) is 3.26. The second kappa shape index (κ2) is 6.67. The molecule has 1 heterocycles. The monoisotopic (exact) mass is 258 g/mol. The molecule has 0 aliphatic carbocycles. The van der Waals surface area contributed by atoms with Crippen LogP contribution in [0.1, 0.15) is 26.5 Å². The fourth-order valence-corrected chi connectivity index (χ4v) is 1.76. The van der Waals surface area contributed by atoms with E-state index in [9.17, 15) is 4.79 Å². The first-order valence-corrected chi connectivity index (χ1v) is 6.22. The van der Waals surface area contributed by atoms with E-state index in [0.29, 0.717) is 11.8 Å². The van der Waals surface area contributed by atoms with E-state index in [1.165, 1.54) is 0 Å². The van der Waals surface area contributed by atoms with Crippen LogP contribution >= 0.6 is 11.6 Å². The molecule has 96 valence electrons. The quantitative estimate of drug-likeness (QED) is 0.852. The van der Waals surface area contributed by atoms with Crippen molar-refractivity contribution in [1.29, 1.82) is 0 Å². The molecule has 0 aliphatic rings. The summed E-state index contributed by atoms with van der Waals surface area (Å²) < 4.78 is 5.20. The van der Waals surface area contributed by atoms with Gasteiger partial charge < -0.3 is 9.32 Å². The average Bonchev–Trinajstić information content (AvgIpc) is 2.73. The number of rotatable bonds is 6. The van der Waals surface area contributed by atoms with Crippen LogP contribution in [0.5, 0.6) is 0 Å². The largest absolute Gasteiger partial charge is 0.448 e. The summed E-state index contributed by atoms with van der Waals surface area (Å²) in [7, 11) is 0. The lowest BCUT2D eigenvalue weighted by atomic mass is 10.2. The molecule has 4 nitrogen and oxygen atoms in total. The van der Waals surface area contributed by atoms with Gasteiger partial charge in [0, 0.05) is 13.1 Å². The highest BCUT2D eigenvalue weighted by atomic mass is 35.5. The lowest BCUT2D eigenvalue weighted by molar-refractivity contribution is -0.132. The number of nitrogens with one attached hydrogen (secondary N) is 1. The predicted molar refractivity (Wildman–Crippen MR) is 67.9 cm³/mol. The number of hydrogen-bond acceptors (Lipinski definition) is 3. The molecule has 1 unspecified atom stereocenters. The summed E-state index contributed by atoms with van der Waals surface area (Å²) in [5.41, 5.74) is 0. The smallest absolute Gasteiger partial charge is 0.239 e. The SMILES string of the molecule is CCN(CC)C(=O)C(C)NCc1ccc(Cl)o1. The Bertz CT molecular complexity index is 361. The van der Waals surface area contributed by atoms with Crippen molar-refractivity contribution in [2.45, 2.75) is 33.4 Å². The van der Waals surface area contributed by atoms with E-state index in [1.54, 1.807) is 17.0 Å². The number of likely N-dealkylation sites (N-methyl/N-ethyl adjacent to an activating group) is 1. The Morgan fingerprint density at radius 1 is 1.47 bits per heavy atom. The molecule has 0 saturated carbocycles. The maximum atomic E-state index is 11.9. The molecule has 1 N–H and O–H groups in total. The van der Waals surface area contributed by atoms with Crippen LogP contribution in [0.3, 0.4) is 0 Å².